The molecular weight excluding hydrogens is 348 g/mol. The summed E-state index contributed by atoms with van der Waals surface area (Å²) in [6.45, 7) is -0.144. The molecule has 2 aromatic carbocycles. The SMILES string of the molecule is COC(=O)c1c(CN=NN)c(=O)c2ccc(OC)cc2n1-c1ccccc1. The number of hydrogen-bond donors (Lipinski definition) is 1. The molecule has 0 bridgehead atoms. The van der Waals surface area contributed by atoms with E-state index in [4.69, 9.17) is 15.3 Å². The Labute approximate surface area is 154 Å². The molecule has 0 fully saturated rings. The quantitative estimate of drug-likeness (QED) is 0.323. The molecule has 138 valence electrons. The molecule has 8 nitrogen and oxygen atoms in total. The van der Waals surface area contributed by atoms with E-state index >= 15 is 0 Å². The number of ether oxygens (including phenoxy) is 2. The summed E-state index contributed by atoms with van der Waals surface area (Å²) in [5.74, 6) is 4.99. The number of rotatable bonds is 5. The maximum absolute atomic E-state index is 13.1. The van der Waals surface area contributed by atoms with Gasteiger partial charge in [0.15, 0.2) is 5.43 Å². The zero-order valence-corrected chi connectivity index (χ0v) is 14.9. The Morgan fingerprint density at radius 2 is 1.89 bits per heavy atom. The first kappa shape index (κ1) is 18.1. The Morgan fingerprint density at radius 3 is 2.52 bits per heavy atom. The van der Waals surface area contributed by atoms with Crippen LogP contribution in [0.3, 0.4) is 0 Å². The number of benzene rings is 2. The van der Waals surface area contributed by atoms with Gasteiger partial charge in [-0.2, -0.15) is 5.11 Å². The molecule has 1 heterocycles. The van der Waals surface area contributed by atoms with Crippen LogP contribution in [-0.4, -0.2) is 24.8 Å². The number of para-hydroxylation sites is 1. The highest BCUT2D eigenvalue weighted by molar-refractivity contribution is 5.95. The molecule has 8 heteroatoms. The molecule has 0 atom stereocenters. The van der Waals surface area contributed by atoms with Crippen molar-refractivity contribution in [3.8, 4) is 11.4 Å². The van der Waals surface area contributed by atoms with Crippen molar-refractivity contribution in [1.82, 2.24) is 4.57 Å². The van der Waals surface area contributed by atoms with E-state index in [2.05, 4.69) is 10.3 Å². The zero-order valence-electron chi connectivity index (χ0n) is 14.9. The second kappa shape index (κ2) is 7.69. The van der Waals surface area contributed by atoms with Crippen LogP contribution in [0, 0.1) is 0 Å². The predicted octanol–water partition coefficient (Wildman–Crippen LogP) is 2.61. The highest BCUT2D eigenvalue weighted by Gasteiger charge is 2.24. The lowest BCUT2D eigenvalue weighted by Crippen LogP contribution is -2.24. The molecule has 0 aliphatic heterocycles. The van der Waals surface area contributed by atoms with Crippen molar-refractivity contribution in [2.75, 3.05) is 14.2 Å². The number of fused-ring (bicyclic) bond motifs is 1. The second-order valence-corrected chi connectivity index (χ2v) is 5.62. The fourth-order valence-electron chi connectivity index (χ4n) is 2.96. The van der Waals surface area contributed by atoms with Gasteiger partial charge < -0.3 is 19.9 Å². The summed E-state index contributed by atoms with van der Waals surface area (Å²) in [4.78, 5) is 25.7. The molecule has 0 radical (unpaired) electrons. The van der Waals surface area contributed by atoms with Crippen molar-refractivity contribution < 1.29 is 14.3 Å². The molecule has 0 saturated heterocycles. The number of carbonyl (C=O) groups excluding carboxylic acids is 1. The molecule has 0 aliphatic rings. The average Bonchev–Trinajstić information content (AvgIpc) is 2.72. The summed E-state index contributed by atoms with van der Waals surface area (Å²) in [6.07, 6.45) is 0. The minimum absolute atomic E-state index is 0.0712. The van der Waals surface area contributed by atoms with E-state index in [1.165, 1.54) is 14.2 Å². The summed E-state index contributed by atoms with van der Waals surface area (Å²) >= 11 is 0. The predicted molar refractivity (Wildman–Crippen MR) is 100 cm³/mol. The van der Waals surface area contributed by atoms with Gasteiger partial charge in [0.1, 0.15) is 11.4 Å². The minimum atomic E-state index is -0.664. The van der Waals surface area contributed by atoms with E-state index in [0.29, 0.717) is 22.3 Å². The van der Waals surface area contributed by atoms with Gasteiger partial charge in [0.05, 0.1) is 31.8 Å². The van der Waals surface area contributed by atoms with Gasteiger partial charge in [-0.1, -0.05) is 23.4 Å². The van der Waals surface area contributed by atoms with Gasteiger partial charge in [-0.3, -0.25) is 4.79 Å². The highest BCUT2D eigenvalue weighted by atomic mass is 16.5. The van der Waals surface area contributed by atoms with Crippen LogP contribution in [0.1, 0.15) is 16.1 Å². The van der Waals surface area contributed by atoms with Crippen LogP contribution in [0.5, 0.6) is 5.75 Å². The Kier molecular flexibility index (Phi) is 5.16. The fraction of sp³-hybridized carbons (Fsp3) is 0.158. The largest absolute Gasteiger partial charge is 0.497 e. The number of esters is 1. The van der Waals surface area contributed by atoms with E-state index < -0.39 is 5.97 Å². The van der Waals surface area contributed by atoms with Crippen molar-refractivity contribution >= 4 is 16.9 Å². The Morgan fingerprint density at radius 1 is 1.15 bits per heavy atom. The standard InChI is InChI=1S/C19H18N4O4/c1-26-13-8-9-14-16(10-13)23(12-6-4-3-5-7-12)17(19(25)27-2)15(18(14)24)11-21-22-20/h3-10H,11H2,1-2H3,(H2,20,21). The molecule has 0 amide bonds. The van der Waals surface area contributed by atoms with Gasteiger partial charge in [0, 0.05) is 17.1 Å². The lowest BCUT2D eigenvalue weighted by Gasteiger charge is -2.19. The first-order valence-corrected chi connectivity index (χ1v) is 8.08. The van der Waals surface area contributed by atoms with Gasteiger partial charge >= 0.3 is 5.97 Å². The van der Waals surface area contributed by atoms with Crippen molar-refractivity contribution in [2.24, 2.45) is 16.2 Å². The number of pyridine rings is 1. The van der Waals surface area contributed by atoms with E-state index in [1.54, 1.807) is 22.8 Å². The Balaban J connectivity index is 2.53. The smallest absolute Gasteiger partial charge is 0.355 e. The van der Waals surface area contributed by atoms with Crippen molar-refractivity contribution in [2.45, 2.75) is 6.54 Å². The van der Waals surface area contributed by atoms with Crippen LogP contribution in [0.2, 0.25) is 0 Å². The topological polar surface area (TPSA) is 108 Å². The monoisotopic (exact) mass is 366 g/mol. The molecule has 3 rings (SSSR count). The van der Waals surface area contributed by atoms with Crippen LogP contribution < -0.4 is 16.0 Å². The average molecular weight is 366 g/mol. The summed E-state index contributed by atoms with van der Waals surface area (Å²) in [5.41, 5.74) is 1.08. The number of carbonyl (C=O) groups is 1. The van der Waals surface area contributed by atoms with Gasteiger partial charge in [-0.05, 0) is 24.3 Å². The third kappa shape index (κ3) is 3.24. The molecule has 3 aromatic rings. The van der Waals surface area contributed by atoms with Gasteiger partial charge in [0.2, 0.25) is 0 Å². The Hall–Kier alpha value is -3.68. The molecule has 0 saturated carbocycles. The summed E-state index contributed by atoms with van der Waals surface area (Å²) < 4.78 is 11.9. The number of nitrogens with two attached hydrogens (primary N) is 1. The van der Waals surface area contributed by atoms with E-state index in [0.717, 1.165) is 0 Å². The van der Waals surface area contributed by atoms with Crippen LogP contribution >= 0.6 is 0 Å². The maximum Gasteiger partial charge on any atom is 0.355 e. The summed E-state index contributed by atoms with van der Waals surface area (Å²) in [7, 11) is 2.79. The number of nitrogens with zero attached hydrogens (tertiary/aromatic N) is 3. The molecule has 0 spiro atoms. The first-order chi connectivity index (χ1) is 13.1. The molecule has 0 aliphatic carbocycles. The van der Waals surface area contributed by atoms with Crippen molar-refractivity contribution in [3.05, 3.63) is 70.0 Å². The normalized spacial score (nSPS) is 11.0. The van der Waals surface area contributed by atoms with E-state index in [1.807, 2.05) is 30.3 Å². The molecular formula is C19H18N4O4. The van der Waals surface area contributed by atoms with Crippen LogP contribution in [-0.2, 0) is 11.3 Å². The molecule has 2 N–H and O–H groups in total. The lowest BCUT2D eigenvalue weighted by molar-refractivity contribution is 0.0589. The third-order valence-electron chi connectivity index (χ3n) is 4.18. The van der Waals surface area contributed by atoms with Crippen molar-refractivity contribution in [3.63, 3.8) is 0 Å². The first-order valence-electron chi connectivity index (χ1n) is 8.08. The maximum atomic E-state index is 13.1. The van der Waals surface area contributed by atoms with Crippen LogP contribution in [0.4, 0.5) is 0 Å². The zero-order chi connectivity index (χ0) is 19.4. The van der Waals surface area contributed by atoms with Gasteiger partial charge in [-0.25, -0.2) is 4.79 Å². The lowest BCUT2D eigenvalue weighted by atomic mass is 10.1. The number of aromatic nitrogens is 1. The van der Waals surface area contributed by atoms with Crippen LogP contribution in [0.25, 0.3) is 16.6 Å². The van der Waals surface area contributed by atoms with Gasteiger partial charge in [0.25, 0.3) is 0 Å². The van der Waals surface area contributed by atoms with E-state index in [9.17, 15) is 9.59 Å². The van der Waals surface area contributed by atoms with Crippen molar-refractivity contribution in [1.29, 1.82) is 0 Å². The molecule has 1 aromatic heterocycles. The fourth-order valence-corrected chi connectivity index (χ4v) is 2.96. The molecule has 27 heavy (non-hydrogen) atoms. The Bertz CT molecular complexity index is 1070. The summed E-state index contributed by atoms with van der Waals surface area (Å²) in [5, 5.41) is 7.34. The minimum Gasteiger partial charge on any atom is -0.497 e. The third-order valence-corrected chi connectivity index (χ3v) is 4.18. The van der Waals surface area contributed by atoms with Crippen LogP contribution in [0.15, 0.2) is 63.7 Å². The molecule has 0 unspecified atom stereocenters. The van der Waals surface area contributed by atoms with Gasteiger partial charge in [-0.15, -0.1) is 0 Å². The summed E-state index contributed by atoms with van der Waals surface area (Å²) in [6, 6.07) is 14.2. The number of methoxy groups -OCH3 is 2. The number of hydrogen-bond acceptors (Lipinski definition) is 6. The second-order valence-electron chi connectivity index (χ2n) is 5.62. The highest BCUT2D eigenvalue weighted by Crippen LogP contribution is 2.26. The van der Waals surface area contributed by atoms with E-state index in [-0.39, 0.29) is 23.2 Å².